The van der Waals surface area contributed by atoms with Crippen molar-refractivity contribution in [2.24, 2.45) is 0 Å². The monoisotopic (exact) mass is 362 g/mol. The van der Waals surface area contributed by atoms with Crippen LogP contribution in [0.2, 0.25) is 5.02 Å². The van der Waals surface area contributed by atoms with Crippen LogP contribution in [0.5, 0.6) is 5.75 Å². The number of nitrogens with zero attached hydrogens (tertiary/aromatic N) is 1. The van der Waals surface area contributed by atoms with Gasteiger partial charge in [-0.15, -0.1) is 0 Å². The van der Waals surface area contributed by atoms with E-state index in [0.29, 0.717) is 16.5 Å². The molecule has 1 aromatic carbocycles. The second-order valence-electron chi connectivity index (χ2n) is 6.15. The predicted molar refractivity (Wildman–Crippen MR) is 92.6 cm³/mol. The Morgan fingerprint density at radius 3 is 2.39 bits per heavy atom. The van der Waals surface area contributed by atoms with Crippen molar-refractivity contribution in [2.75, 3.05) is 25.2 Å². The Morgan fingerprint density at radius 2 is 1.96 bits per heavy atom. The number of rotatable bonds is 6. The van der Waals surface area contributed by atoms with Gasteiger partial charge in [-0.25, -0.2) is 8.42 Å². The van der Waals surface area contributed by atoms with Gasteiger partial charge in [0, 0.05) is 24.2 Å². The molecule has 0 saturated heterocycles. The fourth-order valence-corrected chi connectivity index (χ4v) is 3.84. The number of hydrogen-bond acceptors (Lipinski definition) is 4. The summed E-state index contributed by atoms with van der Waals surface area (Å²) in [6.45, 7) is 5.47. The summed E-state index contributed by atoms with van der Waals surface area (Å²) >= 11 is 6.00. The van der Waals surface area contributed by atoms with Gasteiger partial charge in [0.1, 0.15) is 5.75 Å². The standard InChI is InChI=1S/C15H23ClN2O4S/c1-15(2,3)18(23(5,20)21)9-8-14(19)17-11-6-7-13(22-4)12(16)10-11/h6-7,10H,8-9H2,1-5H3,(H,17,19). The maximum atomic E-state index is 12.0. The minimum atomic E-state index is -3.39. The Labute approximate surface area is 142 Å². The molecule has 0 spiro atoms. The third kappa shape index (κ3) is 6.01. The summed E-state index contributed by atoms with van der Waals surface area (Å²) in [6.07, 6.45) is 1.19. The van der Waals surface area contributed by atoms with E-state index in [-0.39, 0.29) is 18.9 Å². The highest BCUT2D eigenvalue weighted by molar-refractivity contribution is 7.88. The van der Waals surface area contributed by atoms with E-state index in [1.165, 1.54) is 11.4 Å². The van der Waals surface area contributed by atoms with E-state index in [9.17, 15) is 13.2 Å². The highest BCUT2D eigenvalue weighted by atomic mass is 35.5. The Bertz CT molecular complexity index is 669. The molecule has 0 aliphatic heterocycles. The van der Waals surface area contributed by atoms with Crippen molar-refractivity contribution >= 4 is 33.2 Å². The molecule has 23 heavy (non-hydrogen) atoms. The summed E-state index contributed by atoms with van der Waals surface area (Å²) in [5, 5.41) is 3.08. The van der Waals surface area contributed by atoms with Crippen LogP contribution in [-0.2, 0) is 14.8 Å². The lowest BCUT2D eigenvalue weighted by Gasteiger charge is -2.33. The second kappa shape index (κ2) is 7.51. The van der Waals surface area contributed by atoms with Crippen LogP contribution in [0.15, 0.2) is 18.2 Å². The second-order valence-corrected chi connectivity index (χ2v) is 8.47. The van der Waals surface area contributed by atoms with Crippen molar-refractivity contribution in [1.29, 1.82) is 0 Å². The zero-order valence-electron chi connectivity index (χ0n) is 14.0. The molecule has 0 aliphatic carbocycles. The molecule has 0 radical (unpaired) electrons. The first-order valence-corrected chi connectivity index (χ1v) is 9.29. The third-order valence-electron chi connectivity index (χ3n) is 3.13. The number of nitrogens with one attached hydrogen (secondary N) is 1. The first kappa shape index (κ1) is 19.7. The van der Waals surface area contributed by atoms with Gasteiger partial charge in [0.05, 0.1) is 18.4 Å². The summed E-state index contributed by atoms with van der Waals surface area (Å²) < 4.78 is 30.0. The first-order valence-electron chi connectivity index (χ1n) is 7.06. The van der Waals surface area contributed by atoms with E-state index < -0.39 is 15.6 Å². The van der Waals surface area contributed by atoms with Crippen LogP contribution in [0.25, 0.3) is 0 Å². The minimum Gasteiger partial charge on any atom is -0.495 e. The van der Waals surface area contributed by atoms with Crippen molar-refractivity contribution in [1.82, 2.24) is 4.31 Å². The number of carbonyl (C=O) groups excluding carboxylic acids is 1. The maximum absolute atomic E-state index is 12.0. The Morgan fingerprint density at radius 1 is 1.35 bits per heavy atom. The smallest absolute Gasteiger partial charge is 0.225 e. The average Bonchev–Trinajstić information content (AvgIpc) is 2.35. The Kier molecular flexibility index (Phi) is 6.44. The largest absolute Gasteiger partial charge is 0.495 e. The zero-order chi connectivity index (χ0) is 17.8. The summed E-state index contributed by atoms with van der Waals surface area (Å²) in [4.78, 5) is 12.0. The number of sulfonamides is 1. The van der Waals surface area contributed by atoms with E-state index in [4.69, 9.17) is 16.3 Å². The molecule has 0 bridgehead atoms. The Hall–Kier alpha value is -1.31. The van der Waals surface area contributed by atoms with Crippen molar-refractivity contribution in [3.05, 3.63) is 23.2 Å². The van der Waals surface area contributed by atoms with Gasteiger partial charge in [-0.2, -0.15) is 4.31 Å². The number of carbonyl (C=O) groups is 1. The topological polar surface area (TPSA) is 75.7 Å². The lowest BCUT2D eigenvalue weighted by molar-refractivity contribution is -0.116. The highest BCUT2D eigenvalue weighted by Crippen LogP contribution is 2.27. The SMILES string of the molecule is COc1ccc(NC(=O)CCN(C(C)(C)C)S(C)(=O)=O)cc1Cl. The van der Waals surface area contributed by atoms with Crippen molar-refractivity contribution in [2.45, 2.75) is 32.7 Å². The lowest BCUT2D eigenvalue weighted by Crippen LogP contribution is -2.46. The van der Waals surface area contributed by atoms with Gasteiger partial charge < -0.3 is 10.1 Å². The molecule has 6 nitrogen and oxygen atoms in total. The molecule has 0 fully saturated rings. The van der Waals surface area contributed by atoms with E-state index in [1.807, 2.05) is 0 Å². The van der Waals surface area contributed by atoms with Crippen molar-refractivity contribution in [3.8, 4) is 5.75 Å². The van der Waals surface area contributed by atoms with Crippen LogP contribution < -0.4 is 10.1 Å². The molecule has 0 aromatic heterocycles. The van der Waals surface area contributed by atoms with E-state index in [2.05, 4.69) is 5.32 Å². The highest BCUT2D eigenvalue weighted by Gasteiger charge is 2.29. The predicted octanol–water partition coefficient (Wildman–Crippen LogP) is 2.74. The van der Waals surface area contributed by atoms with Crippen LogP contribution in [0.4, 0.5) is 5.69 Å². The summed E-state index contributed by atoms with van der Waals surface area (Å²) in [6, 6.07) is 4.90. The lowest BCUT2D eigenvalue weighted by atomic mass is 10.1. The molecule has 1 N–H and O–H groups in total. The van der Waals surface area contributed by atoms with Crippen LogP contribution in [0, 0.1) is 0 Å². The number of methoxy groups -OCH3 is 1. The van der Waals surface area contributed by atoms with Gasteiger partial charge in [0.25, 0.3) is 0 Å². The summed E-state index contributed by atoms with van der Waals surface area (Å²) in [5.74, 6) is 0.227. The fourth-order valence-electron chi connectivity index (χ4n) is 2.17. The number of halogens is 1. The van der Waals surface area contributed by atoms with Gasteiger partial charge in [0.2, 0.25) is 15.9 Å². The van der Waals surface area contributed by atoms with Crippen LogP contribution in [0.1, 0.15) is 27.2 Å². The van der Waals surface area contributed by atoms with Crippen LogP contribution in [-0.4, -0.2) is 44.1 Å². The molecule has 8 heteroatoms. The van der Waals surface area contributed by atoms with Crippen LogP contribution in [0.3, 0.4) is 0 Å². The van der Waals surface area contributed by atoms with Crippen molar-refractivity contribution < 1.29 is 17.9 Å². The van der Waals surface area contributed by atoms with Gasteiger partial charge in [-0.05, 0) is 39.0 Å². The average molecular weight is 363 g/mol. The Balaban J connectivity index is 2.71. The van der Waals surface area contributed by atoms with Gasteiger partial charge in [-0.1, -0.05) is 11.6 Å². The van der Waals surface area contributed by atoms with Gasteiger partial charge >= 0.3 is 0 Å². The number of amides is 1. The van der Waals surface area contributed by atoms with E-state index >= 15 is 0 Å². The van der Waals surface area contributed by atoms with Gasteiger partial charge in [0.15, 0.2) is 0 Å². The molecule has 1 aromatic rings. The fraction of sp³-hybridized carbons (Fsp3) is 0.533. The third-order valence-corrected chi connectivity index (χ3v) is 4.95. The number of anilines is 1. The molecule has 0 heterocycles. The number of benzene rings is 1. The van der Waals surface area contributed by atoms with Gasteiger partial charge in [-0.3, -0.25) is 4.79 Å². The molecule has 0 saturated carbocycles. The van der Waals surface area contributed by atoms with Crippen molar-refractivity contribution in [3.63, 3.8) is 0 Å². The normalized spacial score (nSPS) is 12.3. The zero-order valence-corrected chi connectivity index (χ0v) is 15.6. The molecular weight excluding hydrogens is 340 g/mol. The summed E-state index contributed by atoms with van der Waals surface area (Å²) in [7, 11) is -1.89. The quantitative estimate of drug-likeness (QED) is 0.844. The molecule has 130 valence electrons. The molecule has 1 rings (SSSR count). The minimum absolute atomic E-state index is 0.0496. The first-order chi connectivity index (χ1) is 10.4. The molecule has 0 aliphatic rings. The molecule has 1 amide bonds. The molecular formula is C15H23ClN2O4S. The number of hydrogen-bond donors (Lipinski definition) is 1. The summed E-state index contributed by atoms with van der Waals surface area (Å²) in [5.41, 5.74) is -0.0560. The van der Waals surface area contributed by atoms with E-state index in [0.717, 1.165) is 6.26 Å². The maximum Gasteiger partial charge on any atom is 0.225 e. The molecule has 0 unspecified atom stereocenters. The number of ether oxygens (including phenoxy) is 1. The van der Waals surface area contributed by atoms with E-state index in [1.54, 1.807) is 39.0 Å². The van der Waals surface area contributed by atoms with Crippen LogP contribution >= 0.6 is 11.6 Å². The molecule has 0 atom stereocenters.